The average Bonchev–Trinajstić information content (AvgIpc) is 3.64. The van der Waals surface area contributed by atoms with E-state index >= 15 is 0 Å². The van der Waals surface area contributed by atoms with Gasteiger partial charge in [0.2, 0.25) is 0 Å². The van der Waals surface area contributed by atoms with E-state index in [9.17, 15) is 13.6 Å². The molecule has 0 spiro atoms. The highest BCUT2D eigenvalue weighted by atomic mass is 19.2. The van der Waals surface area contributed by atoms with E-state index in [1.807, 2.05) is 35.5 Å². The Morgan fingerprint density at radius 2 is 1.81 bits per heavy atom. The minimum Gasteiger partial charge on any atom is -0.367 e. The molecule has 42 heavy (non-hydrogen) atoms. The van der Waals surface area contributed by atoms with Gasteiger partial charge in [-0.05, 0) is 74.4 Å². The molecule has 2 aliphatic rings. The summed E-state index contributed by atoms with van der Waals surface area (Å²) in [6, 6.07) is 8.90. The summed E-state index contributed by atoms with van der Waals surface area (Å²) in [5.74, 6) is -1.84. The van der Waals surface area contributed by atoms with Gasteiger partial charge < -0.3 is 25.4 Å². The molecular weight excluding hydrogens is 538 g/mol. The van der Waals surface area contributed by atoms with Crippen LogP contribution < -0.4 is 15.5 Å². The monoisotopic (exact) mass is 570 g/mol. The van der Waals surface area contributed by atoms with E-state index in [4.69, 9.17) is 0 Å². The summed E-state index contributed by atoms with van der Waals surface area (Å²) < 4.78 is 31.3. The van der Waals surface area contributed by atoms with Crippen molar-refractivity contribution in [2.24, 2.45) is 0 Å². The van der Waals surface area contributed by atoms with Crippen molar-refractivity contribution in [3.63, 3.8) is 0 Å². The molecule has 1 amide bonds. The second-order valence-electron chi connectivity index (χ2n) is 11.2. The molecule has 1 aromatic carbocycles. The van der Waals surface area contributed by atoms with E-state index in [0.29, 0.717) is 54.0 Å². The molecule has 7 rings (SSSR count). The van der Waals surface area contributed by atoms with Crippen LogP contribution in [0.5, 0.6) is 0 Å². The lowest BCUT2D eigenvalue weighted by Crippen LogP contribution is -2.44. The number of likely N-dealkylation sites (tertiary alicyclic amines) is 1. The number of nitrogens with zero attached hydrogens (tertiary/aromatic N) is 5. The molecular formula is C31H32F2N8O. The number of halogens is 2. The van der Waals surface area contributed by atoms with Crippen LogP contribution in [0.3, 0.4) is 0 Å². The molecule has 6 heterocycles. The zero-order valence-corrected chi connectivity index (χ0v) is 23.3. The molecule has 0 unspecified atom stereocenters. The maximum atomic E-state index is 14.8. The van der Waals surface area contributed by atoms with Crippen LogP contribution in [0.1, 0.15) is 23.2 Å². The number of aromatic amines is 1. The van der Waals surface area contributed by atoms with Crippen LogP contribution >= 0.6 is 0 Å². The molecule has 2 aliphatic heterocycles. The molecule has 2 fully saturated rings. The van der Waals surface area contributed by atoms with Crippen LogP contribution in [0, 0.1) is 11.6 Å². The molecule has 5 aromatic rings. The molecule has 0 atom stereocenters. The number of carbonyl (C=O) groups excluding carboxylic acids is 1. The van der Waals surface area contributed by atoms with Crippen molar-refractivity contribution in [2.45, 2.75) is 18.9 Å². The summed E-state index contributed by atoms with van der Waals surface area (Å²) in [5.41, 5.74) is 5.17. The van der Waals surface area contributed by atoms with Gasteiger partial charge in [0.25, 0.3) is 5.91 Å². The first-order valence-corrected chi connectivity index (χ1v) is 14.3. The van der Waals surface area contributed by atoms with Crippen LogP contribution in [0.25, 0.3) is 38.8 Å². The molecule has 4 aromatic heterocycles. The minimum absolute atomic E-state index is 0.127. The van der Waals surface area contributed by atoms with Crippen LogP contribution in [-0.4, -0.2) is 82.7 Å². The summed E-state index contributed by atoms with van der Waals surface area (Å²) in [7, 11) is 2.09. The zero-order chi connectivity index (χ0) is 28.8. The number of piperidine rings is 1. The number of hydrogen-bond donors (Lipinski definition) is 3. The van der Waals surface area contributed by atoms with Crippen molar-refractivity contribution in [3.8, 4) is 22.3 Å². The van der Waals surface area contributed by atoms with Gasteiger partial charge in [-0.1, -0.05) is 0 Å². The lowest BCUT2D eigenvalue weighted by Gasteiger charge is -2.30. The third kappa shape index (κ3) is 4.88. The van der Waals surface area contributed by atoms with Crippen LogP contribution in [-0.2, 0) is 0 Å². The van der Waals surface area contributed by atoms with Crippen molar-refractivity contribution in [1.82, 2.24) is 35.1 Å². The van der Waals surface area contributed by atoms with Gasteiger partial charge in [0.1, 0.15) is 5.65 Å². The minimum atomic E-state index is -0.882. The SMILES string of the molecule is CN1CCC(NC(=O)c2cnn3ccc(-c4c[nH]c5ncc(-c6cc(F)c(F)c(N7CCNCC7)c6)cc45)cc23)CC1. The van der Waals surface area contributed by atoms with Gasteiger partial charge in [-0.25, -0.2) is 18.3 Å². The summed E-state index contributed by atoms with van der Waals surface area (Å²) in [4.78, 5) is 25.2. The zero-order valence-electron chi connectivity index (χ0n) is 23.3. The lowest BCUT2D eigenvalue weighted by atomic mass is 10.0. The third-order valence-corrected chi connectivity index (χ3v) is 8.46. The van der Waals surface area contributed by atoms with Gasteiger partial charge in [0, 0.05) is 67.3 Å². The van der Waals surface area contributed by atoms with Crippen LogP contribution in [0.4, 0.5) is 14.5 Å². The largest absolute Gasteiger partial charge is 0.367 e. The lowest BCUT2D eigenvalue weighted by molar-refractivity contribution is 0.0918. The second-order valence-corrected chi connectivity index (χ2v) is 11.2. The van der Waals surface area contributed by atoms with E-state index in [2.05, 4.69) is 37.6 Å². The van der Waals surface area contributed by atoms with Gasteiger partial charge >= 0.3 is 0 Å². The number of benzene rings is 1. The highest BCUT2D eigenvalue weighted by molar-refractivity contribution is 6.02. The molecule has 0 radical (unpaired) electrons. The highest BCUT2D eigenvalue weighted by Gasteiger charge is 2.22. The Labute approximate surface area is 241 Å². The quantitative estimate of drug-likeness (QED) is 0.295. The van der Waals surface area contributed by atoms with Gasteiger partial charge in [-0.3, -0.25) is 4.79 Å². The van der Waals surface area contributed by atoms with Gasteiger partial charge in [-0.15, -0.1) is 0 Å². The average molecular weight is 571 g/mol. The Balaban J connectivity index is 1.22. The number of pyridine rings is 2. The molecule has 0 aliphatic carbocycles. The number of aromatic nitrogens is 4. The molecule has 9 nitrogen and oxygen atoms in total. The number of H-pyrrole nitrogens is 1. The number of piperazine rings is 1. The topological polar surface area (TPSA) is 93.6 Å². The Morgan fingerprint density at radius 3 is 2.62 bits per heavy atom. The number of carbonyl (C=O) groups is 1. The summed E-state index contributed by atoms with van der Waals surface area (Å²) in [6.07, 6.45) is 8.83. The molecule has 0 bridgehead atoms. The number of nitrogens with one attached hydrogen (secondary N) is 3. The van der Waals surface area contributed by atoms with Crippen LogP contribution in [0.2, 0.25) is 0 Å². The van der Waals surface area contributed by atoms with E-state index < -0.39 is 11.6 Å². The van der Waals surface area contributed by atoms with Crippen molar-refractivity contribution in [3.05, 3.63) is 72.3 Å². The highest BCUT2D eigenvalue weighted by Crippen LogP contribution is 2.34. The molecule has 0 saturated carbocycles. The van der Waals surface area contributed by atoms with E-state index in [-0.39, 0.29) is 17.6 Å². The third-order valence-electron chi connectivity index (χ3n) is 8.46. The first kappa shape index (κ1) is 26.5. The smallest absolute Gasteiger partial charge is 0.255 e. The fraction of sp³-hybridized carbons (Fsp3) is 0.323. The maximum absolute atomic E-state index is 14.8. The first-order valence-electron chi connectivity index (χ1n) is 14.3. The van der Waals surface area contributed by atoms with Crippen molar-refractivity contribution >= 4 is 28.1 Å². The van der Waals surface area contributed by atoms with Gasteiger partial charge in [0.15, 0.2) is 11.6 Å². The summed E-state index contributed by atoms with van der Waals surface area (Å²) in [5, 5.41) is 11.7. The van der Waals surface area contributed by atoms with E-state index in [0.717, 1.165) is 42.4 Å². The Kier molecular flexibility index (Phi) is 6.83. The molecule has 11 heteroatoms. The number of hydrogen-bond acceptors (Lipinski definition) is 6. The van der Waals surface area contributed by atoms with Gasteiger partial charge in [0.05, 0.1) is 23.0 Å². The number of amides is 1. The predicted octanol–water partition coefficient (Wildman–Crippen LogP) is 4.06. The predicted molar refractivity (Wildman–Crippen MR) is 159 cm³/mol. The molecule has 216 valence electrons. The normalized spacial score (nSPS) is 16.9. The second kappa shape index (κ2) is 10.8. The molecule has 2 saturated heterocycles. The van der Waals surface area contributed by atoms with E-state index in [1.54, 1.807) is 23.0 Å². The Bertz CT molecular complexity index is 1780. The van der Waals surface area contributed by atoms with E-state index in [1.165, 1.54) is 6.07 Å². The van der Waals surface area contributed by atoms with Crippen LogP contribution in [0.15, 0.2) is 55.1 Å². The summed E-state index contributed by atoms with van der Waals surface area (Å²) in [6.45, 7) is 4.57. The van der Waals surface area contributed by atoms with Crippen molar-refractivity contribution in [1.29, 1.82) is 0 Å². The number of fused-ring (bicyclic) bond motifs is 2. The Hall–Kier alpha value is -4.35. The number of rotatable bonds is 5. The van der Waals surface area contributed by atoms with Crippen molar-refractivity contribution < 1.29 is 13.6 Å². The number of anilines is 1. The first-order chi connectivity index (χ1) is 20.4. The summed E-state index contributed by atoms with van der Waals surface area (Å²) >= 11 is 0. The Morgan fingerprint density at radius 1 is 1.00 bits per heavy atom. The fourth-order valence-electron chi connectivity index (χ4n) is 6.02. The molecule has 3 N–H and O–H groups in total. The van der Waals surface area contributed by atoms with Gasteiger partial charge in [-0.2, -0.15) is 5.10 Å². The van der Waals surface area contributed by atoms with Crippen molar-refractivity contribution in [2.75, 3.05) is 51.2 Å². The fourth-order valence-corrected chi connectivity index (χ4v) is 6.02. The standard InChI is InChI=1S/C31H32F2N8O/c1-39-7-3-22(4-8-39)38-31(42)25-18-37-41-9-2-19(14-27(25)41)24-17-36-30-23(24)12-21(16-35-30)20-13-26(32)29(33)28(15-20)40-10-5-34-6-11-40/h2,9,12-18,22,34H,3-8,10-11H2,1H3,(H,35,36)(H,38,42). The maximum Gasteiger partial charge on any atom is 0.255 e.